The fourth-order valence-corrected chi connectivity index (χ4v) is 8.25. The van der Waals surface area contributed by atoms with Gasteiger partial charge in [-0.3, -0.25) is 0 Å². The van der Waals surface area contributed by atoms with Crippen molar-refractivity contribution in [1.29, 1.82) is 0 Å². The summed E-state index contributed by atoms with van der Waals surface area (Å²) in [6.45, 7) is 0. The van der Waals surface area contributed by atoms with Gasteiger partial charge in [0.1, 0.15) is 17.0 Å². The zero-order valence-electron chi connectivity index (χ0n) is 29.7. The number of hydrogen-bond donors (Lipinski definition) is 0. The van der Waals surface area contributed by atoms with Gasteiger partial charge in [-0.05, 0) is 46.2 Å². The van der Waals surface area contributed by atoms with Gasteiger partial charge >= 0.3 is 0 Å². The van der Waals surface area contributed by atoms with Gasteiger partial charge in [-0.15, -0.1) is 0 Å². The minimum Gasteiger partial charge on any atom is -0.455 e. The van der Waals surface area contributed by atoms with Gasteiger partial charge in [0.25, 0.3) is 0 Å². The lowest BCUT2D eigenvalue weighted by atomic mass is 9.96. The second kappa shape index (κ2) is 12.6. The summed E-state index contributed by atoms with van der Waals surface area (Å²) in [5.41, 5.74) is 10.1. The Balaban J connectivity index is 1.19. The molecule has 0 saturated carbocycles. The van der Waals surface area contributed by atoms with E-state index >= 15 is 0 Å². The van der Waals surface area contributed by atoms with E-state index < -0.39 is 0 Å². The van der Waals surface area contributed by atoms with Crippen LogP contribution in [0.5, 0.6) is 0 Å². The Labute approximate surface area is 316 Å². The molecule has 5 nitrogen and oxygen atoms in total. The van der Waals surface area contributed by atoms with Gasteiger partial charge in [0.2, 0.25) is 0 Å². The molecule has 0 unspecified atom stereocenters. The molecule has 0 amide bonds. The van der Waals surface area contributed by atoms with E-state index in [1.165, 1.54) is 10.8 Å². The van der Waals surface area contributed by atoms with E-state index in [1.54, 1.807) is 0 Å². The van der Waals surface area contributed by atoms with Gasteiger partial charge in [-0.25, -0.2) is 15.0 Å². The van der Waals surface area contributed by atoms with E-state index in [1.807, 2.05) is 24.3 Å². The minimum atomic E-state index is 0.592. The third kappa shape index (κ3) is 5.12. The highest BCUT2D eigenvalue weighted by molar-refractivity contribution is 6.18. The van der Waals surface area contributed by atoms with E-state index in [2.05, 4.69) is 162 Å². The van der Waals surface area contributed by atoms with E-state index in [0.29, 0.717) is 18.1 Å². The molecule has 0 radical (unpaired) electrons. The molecule has 0 aliphatic carbocycles. The number of hydrogen-bond acceptors (Lipinski definition) is 4. The number of fused-ring (bicyclic) bond motifs is 7. The molecule has 0 aliphatic heterocycles. The van der Waals surface area contributed by atoms with E-state index in [4.69, 9.17) is 19.4 Å². The van der Waals surface area contributed by atoms with Crippen LogP contribution in [0.15, 0.2) is 186 Å². The smallest absolute Gasteiger partial charge is 0.165 e. The van der Waals surface area contributed by atoms with E-state index in [0.717, 1.165) is 83.1 Å². The molecule has 0 aliphatic rings. The fraction of sp³-hybridized carbons (Fsp3) is 0.0200. The fourth-order valence-electron chi connectivity index (χ4n) is 8.25. The molecule has 3 heterocycles. The summed E-state index contributed by atoms with van der Waals surface area (Å²) < 4.78 is 9.24. The van der Waals surface area contributed by atoms with Crippen LogP contribution in [0.25, 0.3) is 94.1 Å². The van der Waals surface area contributed by atoms with Crippen LogP contribution in [-0.2, 0) is 6.42 Å². The number of benzene rings is 8. The molecule has 0 spiro atoms. The van der Waals surface area contributed by atoms with Crippen molar-refractivity contribution in [3.63, 3.8) is 0 Å². The van der Waals surface area contributed by atoms with Gasteiger partial charge in [-0.1, -0.05) is 158 Å². The zero-order chi connectivity index (χ0) is 36.3. The molecular formula is C50H32N4O. The number of furan rings is 1. The predicted molar refractivity (Wildman–Crippen MR) is 225 cm³/mol. The number of nitrogens with zero attached hydrogens (tertiary/aromatic N) is 4. The first-order chi connectivity index (χ1) is 27.3. The maximum Gasteiger partial charge on any atom is 0.165 e. The number of para-hydroxylation sites is 3. The summed E-state index contributed by atoms with van der Waals surface area (Å²) >= 11 is 0. The van der Waals surface area contributed by atoms with Crippen molar-refractivity contribution in [2.75, 3.05) is 0 Å². The van der Waals surface area contributed by atoms with Crippen LogP contribution in [0.2, 0.25) is 0 Å². The zero-order valence-corrected chi connectivity index (χ0v) is 29.7. The Kier molecular flexibility index (Phi) is 7.17. The Morgan fingerprint density at radius 1 is 0.455 bits per heavy atom. The molecule has 3 aromatic heterocycles. The Hall–Kier alpha value is -7.37. The van der Waals surface area contributed by atoms with Crippen LogP contribution in [0.3, 0.4) is 0 Å². The molecular weight excluding hydrogens is 673 g/mol. The van der Waals surface area contributed by atoms with Gasteiger partial charge in [0, 0.05) is 39.3 Å². The van der Waals surface area contributed by atoms with Crippen LogP contribution in [0.1, 0.15) is 11.4 Å². The molecule has 5 heteroatoms. The van der Waals surface area contributed by atoms with Gasteiger partial charge in [-0.2, -0.15) is 0 Å². The summed E-state index contributed by atoms with van der Waals surface area (Å²) in [4.78, 5) is 15.4. The largest absolute Gasteiger partial charge is 0.455 e. The topological polar surface area (TPSA) is 56.7 Å². The number of aromatic nitrogens is 4. The molecule has 0 bridgehead atoms. The molecule has 0 saturated heterocycles. The first-order valence-corrected chi connectivity index (χ1v) is 18.6. The highest BCUT2D eigenvalue weighted by atomic mass is 16.3. The quantitative estimate of drug-likeness (QED) is 0.173. The average molecular weight is 705 g/mol. The third-order valence-corrected chi connectivity index (χ3v) is 10.7. The first kappa shape index (κ1) is 31.2. The second-order valence-electron chi connectivity index (χ2n) is 13.9. The Morgan fingerprint density at radius 2 is 1.09 bits per heavy atom. The first-order valence-electron chi connectivity index (χ1n) is 18.6. The van der Waals surface area contributed by atoms with Crippen LogP contribution in [0, 0.1) is 0 Å². The second-order valence-corrected chi connectivity index (χ2v) is 13.9. The molecule has 0 fully saturated rings. The maximum atomic E-state index is 6.86. The summed E-state index contributed by atoms with van der Waals surface area (Å²) in [6.07, 6.45) is 0.592. The van der Waals surface area contributed by atoms with Crippen molar-refractivity contribution >= 4 is 54.5 Å². The molecule has 11 rings (SSSR count). The van der Waals surface area contributed by atoms with Gasteiger partial charge in [0.05, 0.1) is 22.1 Å². The standard InChI is InChI=1S/C50H32N4O/c1-3-15-32(16-4-1)31-45-51-49(34-18-5-2-6-19-34)53-50(52-45)41-27-12-24-38-37-22-9-10-28-42(37)54(47(38)41)43-29-14-30-44-46(43)40-26-13-25-39(48(40)55-44)36-23-11-20-33-17-7-8-21-35(33)36/h1-30H,31H2. The van der Waals surface area contributed by atoms with E-state index in [9.17, 15) is 0 Å². The van der Waals surface area contributed by atoms with E-state index in [-0.39, 0.29) is 0 Å². The summed E-state index contributed by atoms with van der Waals surface area (Å²) in [5.74, 6) is 2.01. The third-order valence-electron chi connectivity index (χ3n) is 10.7. The van der Waals surface area contributed by atoms with Crippen LogP contribution < -0.4 is 0 Å². The number of rotatable bonds is 6. The molecule has 8 aromatic carbocycles. The highest BCUT2D eigenvalue weighted by Gasteiger charge is 2.23. The van der Waals surface area contributed by atoms with Crippen LogP contribution >= 0.6 is 0 Å². The molecule has 0 N–H and O–H groups in total. The lowest BCUT2D eigenvalue weighted by Crippen LogP contribution is -2.05. The van der Waals surface area contributed by atoms with Crippen molar-refractivity contribution in [1.82, 2.24) is 19.5 Å². The maximum absolute atomic E-state index is 6.86. The van der Waals surface area contributed by atoms with Gasteiger partial charge in [0.15, 0.2) is 11.6 Å². The minimum absolute atomic E-state index is 0.592. The van der Waals surface area contributed by atoms with Crippen molar-refractivity contribution < 1.29 is 4.42 Å². The van der Waals surface area contributed by atoms with Crippen molar-refractivity contribution in [2.24, 2.45) is 0 Å². The molecule has 11 aromatic rings. The highest BCUT2D eigenvalue weighted by Crippen LogP contribution is 2.44. The summed E-state index contributed by atoms with van der Waals surface area (Å²) in [6, 6.07) is 63.5. The lowest BCUT2D eigenvalue weighted by Gasteiger charge is -2.13. The lowest BCUT2D eigenvalue weighted by molar-refractivity contribution is 0.670. The Morgan fingerprint density at radius 3 is 1.96 bits per heavy atom. The molecule has 258 valence electrons. The van der Waals surface area contributed by atoms with Crippen LogP contribution in [0.4, 0.5) is 0 Å². The Bertz CT molecular complexity index is 3230. The summed E-state index contributed by atoms with van der Waals surface area (Å²) in [7, 11) is 0. The average Bonchev–Trinajstić information content (AvgIpc) is 3.80. The molecule has 55 heavy (non-hydrogen) atoms. The predicted octanol–water partition coefficient (Wildman–Crippen LogP) is 12.6. The van der Waals surface area contributed by atoms with Crippen molar-refractivity contribution in [2.45, 2.75) is 6.42 Å². The van der Waals surface area contributed by atoms with Crippen molar-refractivity contribution in [3.8, 4) is 39.6 Å². The molecule has 0 atom stereocenters. The van der Waals surface area contributed by atoms with Gasteiger partial charge < -0.3 is 8.98 Å². The summed E-state index contributed by atoms with van der Waals surface area (Å²) in [5, 5.41) is 6.80. The SMILES string of the molecule is c1ccc(Cc2nc(-c3ccccc3)nc(-c3cccc4c5ccccc5n(-c5cccc6oc7c(-c8cccc9ccccc89)cccc7c56)c34)n2)cc1. The normalized spacial score (nSPS) is 11.7. The van der Waals surface area contributed by atoms with Crippen molar-refractivity contribution in [3.05, 3.63) is 193 Å². The monoisotopic (exact) mass is 704 g/mol. The van der Waals surface area contributed by atoms with Crippen LogP contribution in [-0.4, -0.2) is 19.5 Å².